The van der Waals surface area contributed by atoms with E-state index in [0.29, 0.717) is 17.1 Å². The van der Waals surface area contributed by atoms with Gasteiger partial charge in [-0.15, -0.1) is 0 Å². The van der Waals surface area contributed by atoms with Crippen molar-refractivity contribution in [3.63, 3.8) is 0 Å². The van der Waals surface area contributed by atoms with Crippen LogP contribution in [-0.2, 0) is 24.3 Å². The first-order chi connectivity index (χ1) is 17.0. The largest absolute Gasteiger partial charge is 0.481 e. The van der Waals surface area contributed by atoms with E-state index in [0.717, 1.165) is 9.87 Å². The molecule has 0 aromatic heterocycles. The minimum atomic E-state index is -4.40. The molecule has 4 aliphatic rings. The van der Waals surface area contributed by atoms with E-state index >= 15 is 0 Å². The molecule has 11 heteroatoms. The fraction of sp³-hybridized carbons (Fsp3) is 0.440. The zero-order valence-electron chi connectivity index (χ0n) is 19.8. The van der Waals surface area contributed by atoms with Gasteiger partial charge in [0, 0.05) is 11.5 Å². The summed E-state index contributed by atoms with van der Waals surface area (Å²) in [6.45, 7) is 5.15. The lowest BCUT2D eigenvalue weighted by Gasteiger charge is -2.49. The smallest absolute Gasteiger partial charge is 0.307 e. The van der Waals surface area contributed by atoms with Gasteiger partial charge in [-0.1, -0.05) is 17.7 Å². The van der Waals surface area contributed by atoms with E-state index in [4.69, 9.17) is 18.9 Å². The zero-order valence-corrected chi connectivity index (χ0v) is 20.7. The number of amides is 1. The van der Waals surface area contributed by atoms with Crippen molar-refractivity contribution in [2.75, 3.05) is 6.79 Å². The number of aryl methyl sites for hydroxylation is 1. The van der Waals surface area contributed by atoms with Crippen molar-refractivity contribution in [1.29, 1.82) is 0 Å². The number of hydrogen-bond acceptors (Lipinski definition) is 8. The summed E-state index contributed by atoms with van der Waals surface area (Å²) < 4.78 is 52.0. The van der Waals surface area contributed by atoms with Crippen molar-refractivity contribution in [2.24, 2.45) is 5.92 Å². The van der Waals surface area contributed by atoms with E-state index in [1.54, 1.807) is 32.0 Å². The van der Waals surface area contributed by atoms with E-state index < -0.39 is 57.8 Å². The van der Waals surface area contributed by atoms with Crippen LogP contribution in [-0.4, -0.2) is 60.5 Å². The molecular weight excluding hydrogens is 490 g/mol. The molecule has 36 heavy (non-hydrogen) atoms. The predicted molar refractivity (Wildman–Crippen MR) is 123 cm³/mol. The highest BCUT2D eigenvalue weighted by Gasteiger charge is 2.62. The average Bonchev–Trinajstić information content (AvgIpc) is 3.39. The molecule has 0 radical (unpaired) electrons. The molecule has 1 aliphatic carbocycles. The number of rotatable bonds is 3. The minimum Gasteiger partial charge on any atom is -0.481 e. The van der Waals surface area contributed by atoms with Crippen molar-refractivity contribution in [1.82, 2.24) is 4.31 Å². The molecule has 5 atom stereocenters. The number of ether oxygens (including phenoxy) is 4. The molecule has 190 valence electrons. The summed E-state index contributed by atoms with van der Waals surface area (Å²) in [5.74, 6) is -4.20. The third-order valence-electron chi connectivity index (χ3n) is 7.35. The summed E-state index contributed by atoms with van der Waals surface area (Å²) in [6, 6.07) is 8.06. The summed E-state index contributed by atoms with van der Waals surface area (Å²) in [4.78, 5) is 26.5. The van der Waals surface area contributed by atoms with Gasteiger partial charge in [0.15, 0.2) is 17.3 Å². The van der Waals surface area contributed by atoms with Crippen molar-refractivity contribution in [2.45, 2.75) is 62.0 Å². The van der Waals surface area contributed by atoms with Crippen LogP contribution in [0.25, 0.3) is 0 Å². The van der Waals surface area contributed by atoms with Crippen molar-refractivity contribution >= 4 is 21.9 Å². The highest BCUT2D eigenvalue weighted by Crippen LogP contribution is 2.53. The number of fused-ring (bicyclic) bond motifs is 6. The van der Waals surface area contributed by atoms with Crippen LogP contribution in [0.3, 0.4) is 0 Å². The molecule has 0 spiro atoms. The van der Waals surface area contributed by atoms with Gasteiger partial charge in [-0.2, -0.15) is 0 Å². The Bertz CT molecular complexity index is 1380. The SMILES string of the molecule is Cc1ccc(S(=O)(=O)N2C(=O)c3cc4c(cc3[C@@H]3[C@@H]2[C@@H]2OC(C)(C)O[C@@H]2C[C@@H]3C(=O)O)OCO4)cc1. The second kappa shape index (κ2) is 7.67. The number of nitrogens with zero attached hydrogens (tertiary/aromatic N) is 1. The number of benzene rings is 2. The topological polar surface area (TPSA) is 129 Å². The highest BCUT2D eigenvalue weighted by molar-refractivity contribution is 7.89. The lowest BCUT2D eigenvalue weighted by atomic mass is 9.67. The number of carboxylic acid groups (broad SMARTS) is 1. The van der Waals surface area contributed by atoms with E-state index in [9.17, 15) is 23.1 Å². The zero-order chi connectivity index (χ0) is 25.6. The van der Waals surface area contributed by atoms with Crippen LogP contribution in [0, 0.1) is 12.8 Å². The molecular formula is C25H25NO9S. The van der Waals surface area contributed by atoms with Crippen molar-refractivity contribution in [3.8, 4) is 11.5 Å². The maximum atomic E-state index is 14.0. The third kappa shape index (κ3) is 3.33. The van der Waals surface area contributed by atoms with Crippen molar-refractivity contribution < 1.29 is 42.1 Å². The van der Waals surface area contributed by atoms with Gasteiger partial charge in [-0.05, 0) is 57.0 Å². The fourth-order valence-electron chi connectivity index (χ4n) is 5.87. The molecule has 3 heterocycles. The van der Waals surface area contributed by atoms with Gasteiger partial charge in [0.2, 0.25) is 6.79 Å². The van der Waals surface area contributed by atoms with Crippen LogP contribution in [0.15, 0.2) is 41.3 Å². The average molecular weight is 516 g/mol. The molecule has 0 bridgehead atoms. The Balaban J connectivity index is 1.60. The summed E-state index contributed by atoms with van der Waals surface area (Å²) in [5, 5.41) is 10.2. The first-order valence-corrected chi connectivity index (χ1v) is 13.1. The van der Waals surface area contributed by atoms with Crippen LogP contribution in [0.2, 0.25) is 0 Å². The van der Waals surface area contributed by atoms with E-state index in [-0.39, 0.29) is 23.7 Å². The minimum absolute atomic E-state index is 0.0515. The second-order valence-corrected chi connectivity index (χ2v) is 11.9. The van der Waals surface area contributed by atoms with Crippen LogP contribution in [0.5, 0.6) is 11.5 Å². The number of carbonyl (C=O) groups excluding carboxylic acids is 1. The Kier molecular flexibility index (Phi) is 4.96. The molecule has 0 unspecified atom stereocenters. The standard InChI is InChI=1S/C25H25NO9S/c1-12-4-6-13(7-5-12)36(30,31)26-21-20(14-8-17-18(33-11-32-17)9-15(14)23(26)27)16(24(28)29)10-19-22(21)35-25(2,3)34-19/h4-9,16,19-22H,10-11H2,1-3H3,(H,28,29)/t16-,19+,20-,21+,22+/m0/s1. The van der Waals surface area contributed by atoms with Crippen molar-refractivity contribution in [3.05, 3.63) is 53.1 Å². The normalized spacial score (nSPS) is 29.9. The fourth-order valence-corrected chi connectivity index (χ4v) is 7.47. The van der Waals surface area contributed by atoms with Crippen LogP contribution >= 0.6 is 0 Å². The van der Waals surface area contributed by atoms with Gasteiger partial charge in [-0.3, -0.25) is 9.59 Å². The van der Waals surface area contributed by atoms with Crippen LogP contribution in [0.1, 0.15) is 47.7 Å². The molecule has 1 saturated heterocycles. The molecule has 1 saturated carbocycles. The first-order valence-electron chi connectivity index (χ1n) is 11.7. The quantitative estimate of drug-likeness (QED) is 0.656. The maximum Gasteiger partial charge on any atom is 0.307 e. The van der Waals surface area contributed by atoms with E-state index in [2.05, 4.69) is 0 Å². The van der Waals surface area contributed by atoms with Gasteiger partial charge < -0.3 is 24.1 Å². The third-order valence-corrected chi connectivity index (χ3v) is 9.14. The Morgan fingerprint density at radius 2 is 1.75 bits per heavy atom. The summed E-state index contributed by atoms with van der Waals surface area (Å²) in [5.41, 5.74) is 1.33. The number of carboxylic acids is 1. The lowest BCUT2D eigenvalue weighted by molar-refractivity contribution is -0.149. The number of sulfonamides is 1. The Labute approximate surface area is 207 Å². The van der Waals surface area contributed by atoms with Gasteiger partial charge >= 0.3 is 5.97 Å². The molecule has 1 amide bonds. The van der Waals surface area contributed by atoms with Crippen LogP contribution < -0.4 is 9.47 Å². The Hall–Kier alpha value is -3.15. The lowest BCUT2D eigenvalue weighted by Crippen LogP contribution is -2.63. The predicted octanol–water partition coefficient (Wildman–Crippen LogP) is 2.65. The van der Waals surface area contributed by atoms with E-state index in [1.807, 2.05) is 6.92 Å². The van der Waals surface area contributed by atoms with Gasteiger partial charge in [0.25, 0.3) is 15.9 Å². The second-order valence-electron chi connectivity index (χ2n) is 10.0. The molecule has 3 aliphatic heterocycles. The number of aliphatic carboxylic acids is 1. The Morgan fingerprint density at radius 3 is 2.42 bits per heavy atom. The molecule has 10 nitrogen and oxygen atoms in total. The highest BCUT2D eigenvalue weighted by atomic mass is 32.2. The number of hydrogen-bond donors (Lipinski definition) is 1. The van der Waals surface area contributed by atoms with Crippen LogP contribution in [0.4, 0.5) is 0 Å². The summed E-state index contributed by atoms with van der Waals surface area (Å²) in [7, 11) is -4.40. The summed E-state index contributed by atoms with van der Waals surface area (Å²) in [6.07, 6.45) is -1.46. The van der Waals surface area contributed by atoms with E-state index in [1.165, 1.54) is 18.2 Å². The molecule has 6 rings (SSSR count). The monoisotopic (exact) mass is 515 g/mol. The first kappa shape index (κ1) is 23.3. The molecule has 1 N–H and O–H groups in total. The Morgan fingerprint density at radius 1 is 1.08 bits per heavy atom. The number of carbonyl (C=O) groups is 2. The molecule has 2 aromatic rings. The summed E-state index contributed by atoms with van der Waals surface area (Å²) >= 11 is 0. The molecule has 2 fully saturated rings. The van der Waals surface area contributed by atoms with Gasteiger partial charge in [0.05, 0.1) is 23.0 Å². The van der Waals surface area contributed by atoms with Gasteiger partial charge in [-0.25, -0.2) is 12.7 Å². The maximum absolute atomic E-state index is 14.0. The van der Waals surface area contributed by atoms with Gasteiger partial charge in [0.1, 0.15) is 6.10 Å². The molecule has 2 aromatic carbocycles.